The van der Waals surface area contributed by atoms with Gasteiger partial charge in [-0.3, -0.25) is 9.59 Å². The summed E-state index contributed by atoms with van der Waals surface area (Å²) in [5, 5.41) is 10.5. The van der Waals surface area contributed by atoms with E-state index in [1.54, 1.807) is 13.8 Å². The number of rotatable bonds is 9. The highest BCUT2D eigenvalue weighted by molar-refractivity contribution is 7.89. The van der Waals surface area contributed by atoms with E-state index in [9.17, 15) is 27.2 Å². The zero-order valence-corrected chi connectivity index (χ0v) is 25.2. The van der Waals surface area contributed by atoms with Crippen molar-refractivity contribution in [1.29, 1.82) is 0 Å². The van der Waals surface area contributed by atoms with Crippen LogP contribution in [0.3, 0.4) is 0 Å². The van der Waals surface area contributed by atoms with Crippen molar-refractivity contribution in [3.63, 3.8) is 0 Å². The van der Waals surface area contributed by atoms with Gasteiger partial charge in [0.15, 0.2) is 11.6 Å². The number of nitrogens with two attached hydrogens (primary N) is 1. The van der Waals surface area contributed by atoms with Gasteiger partial charge < -0.3 is 20.3 Å². The third kappa shape index (κ3) is 7.08. The molecule has 238 valence electrons. The molecule has 16 heteroatoms. The van der Waals surface area contributed by atoms with Crippen LogP contribution in [0.25, 0.3) is 0 Å². The van der Waals surface area contributed by atoms with Gasteiger partial charge in [0.1, 0.15) is 34.0 Å². The summed E-state index contributed by atoms with van der Waals surface area (Å²) in [4.78, 5) is 49.8. The summed E-state index contributed by atoms with van der Waals surface area (Å²) in [6.45, 7) is 3.26. The molecule has 0 saturated carbocycles. The lowest BCUT2D eigenvalue weighted by atomic mass is 10.0. The largest absolute Gasteiger partial charge is 0.454 e. The quantitative estimate of drug-likeness (QED) is 0.222. The highest BCUT2D eigenvalue weighted by Gasteiger charge is 2.44. The van der Waals surface area contributed by atoms with Gasteiger partial charge in [0, 0.05) is 42.8 Å². The normalized spacial score (nSPS) is 15.2. The minimum atomic E-state index is -3.90. The summed E-state index contributed by atoms with van der Waals surface area (Å²) >= 11 is 0. The van der Waals surface area contributed by atoms with Gasteiger partial charge in [-0.25, -0.2) is 42.0 Å². The Bertz CT molecular complexity index is 1910. The summed E-state index contributed by atoms with van der Waals surface area (Å²) < 4.78 is 57.1. The molecule has 13 nitrogen and oxygen atoms in total. The van der Waals surface area contributed by atoms with Crippen LogP contribution in [-0.2, 0) is 19.6 Å². The number of sulfonamides is 1. The number of hydrogen-bond acceptors (Lipinski definition) is 9. The van der Waals surface area contributed by atoms with Crippen molar-refractivity contribution >= 4 is 50.9 Å². The van der Waals surface area contributed by atoms with E-state index < -0.39 is 45.4 Å². The second-order valence-electron chi connectivity index (χ2n) is 10.4. The van der Waals surface area contributed by atoms with Crippen LogP contribution in [0.2, 0.25) is 0 Å². The van der Waals surface area contributed by atoms with Crippen molar-refractivity contribution in [2.75, 3.05) is 22.1 Å². The third-order valence-electron chi connectivity index (χ3n) is 6.84. The number of amides is 4. The summed E-state index contributed by atoms with van der Waals surface area (Å²) in [6, 6.07) is 13.0. The number of halogens is 2. The van der Waals surface area contributed by atoms with Crippen molar-refractivity contribution in [2.24, 2.45) is 11.1 Å². The predicted molar refractivity (Wildman–Crippen MR) is 163 cm³/mol. The van der Waals surface area contributed by atoms with Gasteiger partial charge in [0.2, 0.25) is 21.8 Å². The molecule has 1 unspecified atom stereocenters. The van der Waals surface area contributed by atoms with E-state index in [2.05, 4.69) is 20.6 Å². The first-order valence-electron chi connectivity index (χ1n) is 13.7. The van der Waals surface area contributed by atoms with Gasteiger partial charge in [0.05, 0.1) is 5.69 Å². The molecule has 3 heterocycles. The molecule has 0 aliphatic carbocycles. The van der Waals surface area contributed by atoms with Crippen LogP contribution < -0.4 is 25.4 Å². The zero-order valence-electron chi connectivity index (χ0n) is 24.3. The fraction of sp³-hybridized carbons (Fsp3) is 0.167. The monoisotopic (exact) mass is 651 g/mol. The number of ether oxygens (including phenoxy) is 1. The number of carbonyl (C=O) groups excluding carboxylic acids is 3. The lowest BCUT2D eigenvalue weighted by molar-refractivity contribution is -0.132. The van der Waals surface area contributed by atoms with Crippen molar-refractivity contribution in [1.82, 2.24) is 14.9 Å². The highest BCUT2D eigenvalue weighted by Crippen LogP contribution is 2.30. The molecule has 5 rings (SSSR count). The molecule has 46 heavy (non-hydrogen) atoms. The molecule has 4 aromatic rings. The van der Waals surface area contributed by atoms with Gasteiger partial charge in [0.25, 0.3) is 0 Å². The van der Waals surface area contributed by atoms with E-state index in [-0.39, 0.29) is 52.0 Å². The average molecular weight is 652 g/mol. The maximum absolute atomic E-state index is 15.1. The van der Waals surface area contributed by atoms with Crippen LogP contribution in [0.15, 0.2) is 84.0 Å². The highest BCUT2D eigenvalue weighted by atomic mass is 32.2. The maximum Gasteiger partial charge on any atom is 0.331 e. The molecular weight excluding hydrogens is 624 g/mol. The molecule has 0 spiro atoms. The zero-order chi connectivity index (χ0) is 33.2. The Morgan fingerprint density at radius 3 is 2.37 bits per heavy atom. The number of primary sulfonamides is 1. The maximum atomic E-state index is 15.1. The van der Waals surface area contributed by atoms with E-state index in [0.29, 0.717) is 0 Å². The molecule has 0 bridgehead atoms. The molecule has 0 radical (unpaired) electrons. The topological polar surface area (TPSA) is 177 Å². The number of nitrogens with zero attached hydrogens (tertiary/aromatic N) is 4. The Labute approximate surface area is 262 Å². The fourth-order valence-corrected chi connectivity index (χ4v) is 4.96. The third-order valence-corrected chi connectivity index (χ3v) is 7.74. The smallest absolute Gasteiger partial charge is 0.331 e. The number of benzene rings is 2. The van der Waals surface area contributed by atoms with Crippen molar-refractivity contribution in [3.8, 4) is 11.5 Å². The second kappa shape index (κ2) is 12.9. The van der Waals surface area contributed by atoms with Crippen molar-refractivity contribution in [2.45, 2.75) is 24.8 Å². The molecule has 2 aromatic heterocycles. The fourth-order valence-electron chi connectivity index (χ4n) is 4.50. The summed E-state index contributed by atoms with van der Waals surface area (Å²) in [5.41, 5.74) is 0.146. The first kappa shape index (κ1) is 31.9. The number of anilines is 4. The number of pyridine rings is 2. The Kier molecular flexibility index (Phi) is 8.93. The van der Waals surface area contributed by atoms with E-state index in [0.717, 1.165) is 29.3 Å². The number of aromatic nitrogens is 2. The van der Waals surface area contributed by atoms with Crippen molar-refractivity contribution in [3.05, 3.63) is 90.8 Å². The van der Waals surface area contributed by atoms with Crippen LogP contribution in [0.1, 0.15) is 13.8 Å². The molecule has 1 aliphatic heterocycles. The number of hydrogen-bond donors (Lipinski definition) is 3. The Morgan fingerprint density at radius 2 is 1.74 bits per heavy atom. The molecule has 1 saturated heterocycles. The molecule has 4 amide bonds. The van der Waals surface area contributed by atoms with Gasteiger partial charge in [-0.05, 0) is 68.4 Å². The van der Waals surface area contributed by atoms with Crippen LogP contribution in [0, 0.1) is 17.6 Å². The van der Waals surface area contributed by atoms with E-state index in [4.69, 9.17) is 9.88 Å². The molecule has 4 N–H and O–H groups in total. The van der Waals surface area contributed by atoms with E-state index in [1.165, 1.54) is 59.6 Å². The SMILES string of the molecule is CC(C)N1CC(C(=O)Nc2ccc(Oc3ccnc(Nc4ccc(S(N)(=O)=O)cn4)c3)c(F)c2)C(=O)N(c2ccc(F)cc2)C1=O. The standard InChI is InChI=1S/C30H27F2N7O6S/c1-17(2)38-16-23(29(41)39(30(38)42)20-6-3-18(31)4-7-20)28(40)36-19-5-9-25(24(32)13-19)45-21-11-12-34-27(14-21)37-26-10-8-22(15-35-26)46(33,43)44/h3-15,17,23H,16H2,1-2H3,(H,36,40)(H2,33,43,44)(H,34,35,37). The van der Waals surface area contributed by atoms with Crippen LogP contribution in [0.5, 0.6) is 11.5 Å². The number of nitrogens with one attached hydrogen (secondary N) is 2. The van der Waals surface area contributed by atoms with Gasteiger partial charge in [-0.15, -0.1) is 0 Å². The van der Waals surface area contributed by atoms with Gasteiger partial charge >= 0.3 is 6.03 Å². The molecule has 1 fully saturated rings. The second-order valence-corrected chi connectivity index (χ2v) is 12.0. The number of urea groups is 1. The van der Waals surface area contributed by atoms with Crippen LogP contribution >= 0.6 is 0 Å². The molecule has 2 aromatic carbocycles. The summed E-state index contributed by atoms with van der Waals surface area (Å²) in [6.07, 6.45) is 2.48. The van der Waals surface area contributed by atoms with Gasteiger partial charge in [-0.1, -0.05) is 0 Å². The Balaban J connectivity index is 1.28. The summed E-state index contributed by atoms with van der Waals surface area (Å²) in [5.74, 6) is -3.73. The van der Waals surface area contributed by atoms with E-state index >= 15 is 4.39 Å². The molecule has 1 atom stereocenters. The lowest BCUT2D eigenvalue weighted by Gasteiger charge is -2.39. The minimum Gasteiger partial charge on any atom is -0.454 e. The lowest BCUT2D eigenvalue weighted by Crippen LogP contribution is -2.61. The number of carbonyl (C=O) groups is 3. The predicted octanol–water partition coefficient (Wildman–Crippen LogP) is 4.37. The Morgan fingerprint density at radius 1 is 1.00 bits per heavy atom. The average Bonchev–Trinajstić information content (AvgIpc) is 2.99. The van der Waals surface area contributed by atoms with Crippen LogP contribution in [-0.4, -0.2) is 53.7 Å². The molecular formula is C30H27F2N7O6S. The van der Waals surface area contributed by atoms with Crippen LogP contribution in [0.4, 0.5) is 36.6 Å². The van der Waals surface area contributed by atoms with Crippen molar-refractivity contribution < 1.29 is 36.3 Å². The minimum absolute atomic E-state index is 0.0371. The summed E-state index contributed by atoms with van der Waals surface area (Å²) in [7, 11) is -3.90. The van der Waals surface area contributed by atoms with E-state index in [1.807, 2.05) is 0 Å². The van der Waals surface area contributed by atoms with Gasteiger partial charge in [-0.2, -0.15) is 0 Å². The Hall–Kier alpha value is -5.48. The molecule has 1 aliphatic rings. The first-order valence-corrected chi connectivity index (χ1v) is 15.2. The first-order chi connectivity index (χ1) is 21.8. The number of imide groups is 1.